The number of hydrogen-bond acceptors (Lipinski definition) is 4. The Kier molecular flexibility index (Phi) is 3.56. The summed E-state index contributed by atoms with van der Waals surface area (Å²) in [6, 6.07) is 0. The lowest BCUT2D eigenvalue weighted by Crippen LogP contribution is -2.10. The molecular weight excluding hydrogens is 180 g/mol. The second-order valence-electron chi connectivity index (χ2n) is 2.99. The third-order valence-electron chi connectivity index (χ3n) is 1.87. The first-order valence-corrected chi connectivity index (χ1v) is 4.62. The molecule has 0 aliphatic heterocycles. The molecule has 0 aromatic carbocycles. The molecule has 0 fully saturated rings. The number of hydrogen-bond donors (Lipinski definition) is 0. The van der Waals surface area contributed by atoms with Gasteiger partial charge in [-0.05, 0) is 13.3 Å². The zero-order chi connectivity index (χ0) is 10.6. The van der Waals surface area contributed by atoms with Crippen molar-refractivity contribution in [3.63, 3.8) is 0 Å². The first-order chi connectivity index (χ1) is 6.65. The number of aromatic nitrogens is 2. The van der Waals surface area contributed by atoms with Crippen molar-refractivity contribution in [1.82, 2.24) is 9.97 Å². The highest BCUT2D eigenvalue weighted by Crippen LogP contribution is 2.17. The Morgan fingerprint density at radius 1 is 1.50 bits per heavy atom. The quantitative estimate of drug-likeness (QED) is 0.687. The van der Waals surface area contributed by atoms with Crippen LogP contribution in [-0.4, -0.2) is 15.9 Å². The maximum atomic E-state index is 10.8. The van der Waals surface area contributed by atoms with Gasteiger partial charge in [-0.15, -0.1) is 0 Å². The fourth-order valence-electron chi connectivity index (χ4n) is 1.29. The minimum absolute atomic E-state index is 0.301. The average molecular weight is 194 g/mol. The van der Waals surface area contributed by atoms with E-state index in [9.17, 15) is 4.79 Å². The Labute approximate surface area is 83.3 Å². The third-order valence-corrected chi connectivity index (χ3v) is 1.87. The van der Waals surface area contributed by atoms with Gasteiger partial charge < -0.3 is 4.74 Å². The number of ether oxygens (including phenoxy) is 1. The molecular formula is C10H14N2O2. The number of nitrogens with zero attached hydrogens (tertiary/aromatic N) is 2. The maximum Gasteiger partial charge on any atom is 0.303 e. The molecule has 0 aliphatic carbocycles. The molecule has 76 valence electrons. The summed E-state index contributed by atoms with van der Waals surface area (Å²) < 4.78 is 5.04. The van der Waals surface area contributed by atoms with Gasteiger partial charge in [-0.2, -0.15) is 0 Å². The van der Waals surface area contributed by atoms with E-state index in [1.807, 2.05) is 6.92 Å². The van der Waals surface area contributed by atoms with Gasteiger partial charge in [-0.1, -0.05) is 6.92 Å². The van der Waals surface area contributed by atoms with Crippen molar-refractivity contribution < 1.29 is 9.53 Å². The number of rotatable bonds is 3. The molecule has 1 aromatic heterocycles. The number of carbonyl (C=O) groups excluding carboxylic acids is 1. The molecule has 0 bridgehead atoms. The molecule has 0 amide bonds. The lowest BCUT2D eigenvalue weighted by molar-refractivity contribution is -0.146. The fraction of sp³-hybridized carbons (Fsp3) is 0.500. The van der Waals surface area contributed by atoms with Crippen molar-refractivity contribution in [2.75, 3.05) is 0 Å². The van der Waals surface area contributed by atoms with Gasteiger partial charge in [0, 0.05) is 19.3 Å². The molecule has 0 saturated heterocycles. The van der Waals surface area contributed by atoms with Crippen molar-refractivity contribution in [1.29, 1.82) is 0 Å². The van der Waals surface area contributed by atoms with Crippen molar-refractivity contribution in [3.8, 4) is 0 Å². The summed E-state index contributed by atoms with van der Waals surface area (Å²) >= 11 is 0. The van der Waals surface area contributed by atoms with Gasteiger partial charge in [0.05, 0.1) is 5.69 Å². The highest BCUT2D eigenvalue weighted by molar-refractivity contribution is 5.66. The molecule has 0 radical (unpaired) electrons. The van der Waals surface area contributed by atoms with Crippen LogP contribution < -0.4 is 0 Å². The molecule has 14 heavy (non-hydrogen) atoms. The van der Waals surface area contributed by atoms with Crippen LogP contribution in [0.4, 0.5) is 0 Å². The van der Waals surface area contributed by atoms with E-state index in [2.05, 4.69) is 9.97 Å². The fourth-order valence-corrected chi connectivity index (χ4v) is 1.29. The van der Waals surface area contributed by atoms with Gasteiger partial charge in [-0.25, -0.2) is 0 Å². The van der Waals surface area contributed by atoms with E-state index in [1.54, 1.807) is 19.3 Å². The van der Waals surface area contributed by atoms with E-state index in [4.69, 9.17) is 4.74 Å². The van der Waals surface area contributed by atoms with Crippen LogP contribution in [0.1, 0.15) is 38.3 Å². The Bertz CT molecular complexity index is 326. The Morgan fingerprint density at radius 3 is 2.71 bits per heavy atom. The summed E-state index contributed by atoms with van der Waals surface area (Å²) in [5.41, 5.74) is 1.62. The van der Waals surface area contributed by atoms with Gasteiger partial charge in [0.2, 0.25) is 0 Å². The molecule has 4 nitrogen and oxygen atoms in total. The number of carbonyl (C=O) groups is 1. The van der Waals surface area contributed by atoms with E-state index in [1.165, 1.54) is 6.92 Å². The second kappa shape index (κ2) is 4.69. The topological polar surface area (TPSA) is 52.1 Å². The first-order valence-electron chi connectivity index (χ1n) is 4.62. The monoisotopic (exact) mass is 194 g/mol. The molecule has 1 heterocycles. The Hall–Kier alpha value is -1.45. The summed E-state index contributed by atoms with van der Waals surface area (Å²) in [6.07, 6.45) is 3.71. The van der Waals surface area contributed by atoms with Gasteiger partial charge in [-0.3, -0.25) is 14.8 Å². The summed E-state index contributed by atoms with van der Waals surface area (Å²) in [5.74, 6) is -0.301. The van der Waals surface area contributed by atoms with Crippen LogP contribution in [0.3, 0.4) is 0 Å². The Balaban J connectivity index is 2.87. The average Bonchev–Trinajstić information content (AvgIpc) is 2.16. The van der Waals surface area contributed by atoms with Crippen molar-refractivity contribution in [2.45, 2.75) is 33.3 Å². The molecule has 1 atom stereocenters. The lowest BCUT2D eigenvalue weighted by atomic mass is 10.2. The van der Waals surface area contributed by atoms with Crippen LogP contribution in [0.25, 0.3) is 0 Å². The van der Waals surface area contributed by atoms with Gasteiger partial charge in [0.15, 0.2) is 0 Å². The summed E-state index contributed by atoms with van der Waals surface area (Å²) in [6.45, 7) is 5.18. The predicted octanol–water partition coefficient (Wildman–Crippen LogP) is 1.66. The van der Waals surface area contributed by atoms with Gasteiger partial charge in [0.1, 0.15) is 11.8 Å². The highest BCUT2D eigenvalue weighted by atomic mass is 16.5. The zero-order valence-corrected chi connectivity index (χ0v) is 8.65. The molecule has 1 rings (SSSR count). The number of esters is 1. The molecule has 4 heteroatoms. The standard InChI is InChI=1S/C10H14N2O2/c1-4-9-10(12-6-5-11-9)7(2)14-8(3)13/h5-7H,4H2,1-3H3. The molecule has 0 saturated carbocycles. The normalized spacial score (nSPS) is 12.2. The van der Waals surface area contributed by atoms with Crippen LogP contribution in [0.5, 0.6) is 0 Å². The second-order valence-corrected chi connectivity index (χ2v) is 2.99. The Morgan fingerprint density at radius 2 is 2.14 bits per heavy atom. The van der Waals surface area contributed by atoms with E-state index >= 15 is 0 Å². The SMILES string of the molecule is CCc1nccnc1C(C)OC(C)=O. The largest absolute Gasteiger partial charge is 0.456 e. The molecule has 1 unspecified atom stereocenters. The van der Waals surface area contributed by atoms with Gasteiger partial charge >= 0.3 is 5.97 Å². The van der Waals surface area contributed by atoms with Crippen LogP contribution >= 0.6 is 0 Å². The number of aryl methyl sites for hydroxylation is 1. The van der Waals surface area contributed by atoms with Crippen molar-refractivity contribution >= 4 is 5.97 Å². The third kappa shape index (κ3) is 2.52. The van der Waals surface area contributed by atoms with Crippen LogP contribution in [-0.2, 0) is 16.0 Å². The van der Waals surface area contributed by atoms with Crippen LogP contribution in [0.2, 0.25) is 0 Å². The minimum atomic E-state index is -0.323. The van der Waals surface area contributed by atoms with Crippen LogP contribution in [0.15, 0.2) is 12.4 Å². The first kappa shape index (κ1) is 10.6. The summed E-state index contributed by atoms with van der Waals surface area (Å²) in [4.78, 5) is 19.1. The van der Waals surface area contributed by atoms with E-state index in [-0.39, 0.29) is 12.1 Å². The van der Waals surface area contributed by atoms with Gasteiger partial charge in [0.25, 0.3) is 0 Å². The molecule has 0 N–H and O–H groups in total. The lowest BCUT2D eigenvalue weighted by Gasteiger charge is -2.13. The van der Waals surface area contributed by atoms with Crippen molar-refractivity contribution in [3.05, 3.63) is 23.8 Å². The molecule has 0 spiro atoms. The highest BCUT2D eigenvalue weighted by Gasteiger charge is 2.14. The summed E-state index contributed by atoms with van der Waals surface area (Å²) in [7, 11) is 0. The summed E-state index contributed by atoms with van der Waals surface area (Å²) in [5, 5.41) is 0. The minimum Gasteiger partial charge on any atom is -0.456 e. The zero-order valence-electron chi connectivity index (χ0n) is 8.65. The molecule has 1 aromatic rings. The smallest absolute Gasteiger partial charge is 0.303 e. The predicted molar refractivity (Wildman–Crippen MR) is 51.6 cm³/mol. The maximum absolute atomic E-state index is 10.8. The molecule has 0 aliphatic rings. The van der Waals surface area contributed by atoms with E-state index < -0.39 is 0 Å². The van der Waals surface area contributed by atoms with E-state index in [0.29, 0.717) is 0 Å². The van der Waals surface area contributed by atoms with Crippen LogP contribution in [0, 0.1) is 0 Å². The van der Waals surface area contributed by atoms with Crippen molar-refractivity contribution in [2.24, 2.45) is 0 Å². The van der Waals surface area contributed by atoms with E-state index in [0.717, 1.165) is 17.8 Å².